The molecule has 1 rings (SSSR count). The van der Waals surface area contributed by atoms with Crippen molar-refractivity contribution in [2.24, 2.45) is 5.14 Å². The average Bonchev–Trinajstić information content (AvgIpc) is 1.99. The van der Waals surface area contributed by atoms with Gasteiger partial charge in [0, 0.05) is 6.20 Å². The van der Waals surface area contributed by atoms with Gasteiger partial charge >= 0.3 is 6.18 Å². The van der Waals surface area contributed by atoms with E-state index in [4.69, 9.17) is 5.14 Å². The molecule has 1 aromatic heterocycles. The Morgan fingerprint density at radius 3 is 2.33 bits per heavy atom. The van der Waals surface area contributed by atoms with Crippen LogP contribution < -0.4 is 5.14 Å². The second-order valence-electron chi connectivity index (χ2n) is 2.51. The maximum atomic E-state index is 12.3. The molecule has 0 unspecified atom stereocenters. The summed E-state index contributed by atoms with van der Waals surface area (Å²) in [5.41, 5.74) is -1.25. The molecule has 0 amide bonds. The van der Waals surface area contributed by atoms with Crippen LogP contribution in [0.4, 0.5) is 13.2 Å². The van der Waals surface area contributed by atoms with E-state index in [0.717, 1.165) is 12.3 Å². The van der Waals surface area contributed by atoms with Gasteiger partial charge in [0.05, 0.1) is 8.47 Å². The van der Waals surface area contributed by atoms with Crippen molar-refractivity contribution in [2.75, 3.05) is 0 Å². The SMILES string of the molecule is NS(=O)(=O)c1ccnc(C(F)(F)F)c1I. The molecular weight excluding hydrogens is 348 g/mol. The summed E-state index contributed by atoms with van der Waals surface area (Å²) in [6.07, 6.45) is -3.94. The van der Waals surface area contributed by atoms with Crippen molar-refractivity contribution >= 4 is 32.6 Å². The van der Waals surface area contributed by atoms with Gasteiger partial charge in [0.25, 0.3) is 0 Å². The van der Waals surface area contributed by atoms with Gasteiger partial charge in [-0.2, -0.15) is 13.2 Å². The standard InChI is InChI=1S/C6H4F3IN2O2S/c7-6(8,9)5-4(10)3(1-2-12-5)15(11,13)14/h1-2H,(H2,11,13,14). The average molecular weight is 352 g/mol. The summed E-state index contributed by atoms with van der Waals surface area (Å²) in [6, 6.07) is 0.923. The molecule has 0 aromatic carbocycles. The highest BCUT2D eigenvalue weighted by atomic mass is 127. The lowest BCUT2D eigenvalue weighted by molar-refractivity contribution is -0.142. The number of alkyl halides is 3. The fourth-order valence-corrected chi connectivity index (χ4v) is 2.99. The van der Waals surface area contributed by atoms with Crippen LogP contribution in [0.25, 0.3) is 0 Å². The van der Waals surface area contributed by atoms with E-state index in [-0.39, 0.29) is 0 Å². The Bertz CT molecular complexity index is 486. The Morgan fingerprint density at radius 2 is 1.93 bits per heavy atom. The van der Waals surface area contributed by atoms with E-state index >= 15 is 0 Å². The van der Waals surface area contributed by atoms with Crippen LogP contribution in [-0.4, -0.2) is 13.4 Å². The summed E-state index contributed by atoms with van der Waals surface area (Å²) >= 11 is 1.25. The Hall–Kier alpha value is -0.420. The molecule has 1 heterocycles. The third-order valence-electron chi connectivity index (χ3n) is 1.43. The number of rotatable bonds is 1. The number of primary sulfonamides is 1. The van der Waals surface area contributed by atoms with Crippen molar-refractivity contribution < 1.29 is 21.6 Å². The van der Waals surface area contributed by atoms with Crippen molar-refractivity contribution in [3.05, 3.63) is 21.5 Å². The first kappa shape index (κ1) is 12.6. The van der Waals surface area contributed by atoms with Crippen LogP contribution >= 0.6 is 22.6 Å². The fraction of sp³-hybridized carbons (Fsp3) is 0.167. The summed E-state index contributed by atoms with van der Waals surface area (Å²) in [4.78, 5) is 2.49. The van der Waals surface area contributed by atoms with Crippen LogP contribution in [0.3, 0.4) is 0 Å². The second kappa shape index (κ2) is 3.87. The molecule has 4 nitrogen and oxygen atoms in total. The smallest absolute Gasteiger partial charge is 0.251 e. The summed E-state index contributed by atoms with van der Waals surface area (Å²) < 4.78 is 58.2. The predicted octanol–water partition coefficient (Wildman–Crippen LogP) is 1.35. The Kier molecular flexibility index (Phi) is 3.26. The number of aromatic nitrogens is 1. The van der Waals surface area contributed by atoms with Crippen LogP contribution in [-0.2, 0) is 16.2 Å². The first-order valence-electron chi connectivity index (χ1n) is 3.38. The minimum Gasteiger partial charge on any atom is -0.251 e. The van der Waals surface area contributed by atoms with E-state index in [1.165, 1.54) is 22.6 Å². The van der Waals surface area contributed by atoms with E-state index in [1.807, 2.05) is 0 Å². The molecule has 0 aliphatic rings. The minimum absolute atomic E-state index is 0.523. The molecule has 0 spiro atoms. The van der Waals surface area contributed by atoms with Gasteiger partial charge in [0.15, 0.2) is 5.69 Å². The largest absolute Gasteiger partial charge is 0.434 e. The Balaban J connectivity index is 3.51. The minimum atomic E-state index is -4.70. The van der Waals surface area contributed by atoms with Gasteiger partial charge in [-0.05, 0) is 28.7 Å². The fourth-order valence-electron chi connectivity index (χ4n) is 0.843. The molecule has 15 heavy (non-hydrogen) atoms. The molecule has 0 saturated heterocycles. The number of nitrogens with zero attached hydrogens (tertiary/aromatic N) is 1. The third kappa shape index (κ3) is 2.78. The number of hydrogen-bond donors (Lipinski definition) is 1. The zero-order chi connectivity index (χ0) is 11.9. The highest BCUT2D eigenvalue weighted by molar-refractivity contribution is 14.1. The monoisotopic (exact) mass is 352 g/mol. The molecule has 0 bridgehead atoms. The Labute approximate surface area is 96.9 Å². The highest BCUT2D eigenvalue weighted by Gasteiger charge is 2.36. The van der Waals surface area contributed by atoms with Crippen LogP contribution in [0.15, 0.2) is 17.2 Å². The maximum absolute atomic E-state index is 12.3. The molecular formula is C6H4F3IN2O2S. The predicted molar refractivity (Wildman–Crippen MR) is 53.3 cm³/mol. The van der Waals surface area contributed by atoms with Crippen LogP contribution in [0.1, 0.15) is 5.69 Å². The first-order valence-corrected chi connectivity index (χ1v) is 6.01. The van der Waals surface area contributed by atoms with E-state index in [1.54, 1.807) is 0 Å². The van der Waals surface area contributed by atoms with E-state index in [0.29, 0.717) is 0 Å². The van der Waals surface area contributed by atoms with Crippen molar-refractivity contribution in [1.29, 1.82) is 0 Å². The van der Waals surface area contributed by atoms with Crippen molar-refractivity contribution in [2.45, 2.75) is 11.1 Å². The lowest BCUT2D eigenvalue weighted by Crippen LogP contribution is -2.18. The van der Waals surface area contributed by atoms with E-state index in [2.05, 4.69) is 4.98 Å². The summed E-state index contributed by atoms with van der Waals surface area (Å²) in [5.74, 6) is 0. The number of pyridine rings is 1. The molecule has 0 aliphatic heterocycles. The van der Waals surface area contributed by atoms with Gasteiger partial charge in [0.2, 0.25) is 10.0 Å². The normalized spacial score (nSPS) is 12.9. The Morgan fingerprint density at radius 1 is 1.40 bits per heavy atom. The van der Waals surface area contributed by atoms with Crippen molar-refractivity contribution in [1.82, 2.24) is 4.98 Å². The second-order valence-corrected chi connectivity index (χ2v) is 5.12. The zero-order valence-corrected chi connectivity index (χ0v) is 9.89. The topological polar surface area (TPSA) is 73.1 Å². The van der Waals surface area contributed by atoms with Gasteiger partial charge in [0.1, 0.15) is 0 Å². The molecule has 0 atom stereocenters. The quantitative estimate of drug-likeness (QED) is 0.776. The van der Waals surface area contributed by atoms with Gasteiger partial charge < -0.3 is 0 Å². The van der Waals surface area contributed by atoms with E-state index in [9.17, 15) is 21.6 Å². The van der Waals surface area contributed by atoms with Crippen molar-refractivity contribution in [3.8, 4) is 0 Å². The summed E-state index contributed by atoms with van der Waals surface area (Å²) in [6.45, 7) is 0. The molecule has 84 valence electrons. The highest BCUT2D eigenvalue weighted by Crippen LogP contribution is 2.33. The van der Waals surface area contributed by atoms with Crippen LogP contribution in [0.5, 0.6) is 0 Å². The molecule has 0 radical (unpaired) electrons. The number of nitrogens with two attached hydrogens (primary N) is 1. The van der Waals surface area contributed by atoms with Gasteiger partial charge in [-0.1, -0.05) is 0 Å². The summed E-state index contributed by atoms with van der Waals surface area (Å²) in [7, 11) is -4.16. The number of hydrogen-bond acceptors (Lipinski definition) is 3. The molecule has 0 fully saturated rings. The van der Waals surface area contributed by atoms with E-state index < -0.39 is 30.4 Å². The lowest BCUT2D eigenvalue weighted by atomic mass is 10.3. The summed E-state index contributed by atoms with van der Waals surface area (Å²) in [5, 5.41) is 4.74. The van der Waals surface area contributed by atoms with Crippen molar-refractivity contribution in [3.63, 3.8) is 0 Å². The van der Waals surface area contributed by atoms with Gasteiger partial charge in [-0.3, -0.25) is 4.98 Å². The number of halogens is 4. The number of sulfonamides is 1. The molecule has 0 aliphatic carbocycles. The molecule has 2 N–H and O–H groups in total. The van der Waals surface area contributed by atoms with Gasteiger partial charge in [-0.15, -0.1) is 0 Å². The lowest BCUT2D eigenvalue weighted by Gasteiger charge is -2.09. The molecule has 9 heteroatoms. The van der Waals surface area contributed by atoms with Crippen LogP contribution in [0.2, 0.25) is 0 Å². The van der Waals surface area contributed by atoms with Gasteiger partial charge in [-0.25, -0.2) is 13.6 Å². The zero-order valence-electron chi connectivity index (χ0n) is 6.92. The molecule has 0 saturated carbocycles. The first-order chi connectivity index (χ1) is 6.64. The third-order valence-corrected chi connectivity index (χ3v) is 3.84. The maximum Gasteiger partial charge on any atom is 0.434 e. The van der Waals surface area contributed by atoms with Crippen LogP contribution in [0, 0.1) is 3.57 Å². The molecule has 1 aromatic rings.